The van der Waals surface area contributed by atoms with Crippen molar-refractivity contribution >= 4 is 23.2 Å². The number of benzene rings is 2. The smallest absolute Gasteiger partial charge is 0.263 e. The number of ether oxygens (including phenoxy) is 1. The van der Waals surface area contributed by atoms with Crippen LogP contribution in [0.4, 0.5) is 15.8 Å². The highest BCUT2D eigenvalue weighted by Crippen LogP contribution is 2.36. The minimum absolute atomic E-state index is 0.373. The summed E-state index contributed by atoms with van der Waals surface area (Å²) in [6.07, 6.45) is 0. The molecule has 0 aliphatic carbocycles. The predicted octanol–water partition coefficient (Wildman–Crippen LogP) is 2.64. The monoisotopic (exact) mass is 354 g/mol. The minimum atomic E-state index is -0.946. The maximum Gasteiger partial charge on any atom is 0.263 e. The van der Waals surface area contributed by atoms with Gasteiger partial charge < -0.3 is 4.74 Å². The van der Waals surface area contributed by atoms with E-state index in [4.69, 9.17) is 4.74 Å². The Labute approximate surface area is 148 Å². The molecule has 2 heterocycles. The van der Waals surface area contributed by atoms with Crippen LogP contribution in [0.1, 0.15) is 5.56 Å². The number of aryl methyl sites for hydroxylation is 1. The van der Waals surface area contributed by atoms with Gasteiger partial charge in [-0.1, -0.05) is 17.4 Å². The molecule has 0 spiro atoms. The molecule has 2 aliphatic heterocycles. The van der Waals surface area contributed by atoms with Gasteiger partial charge in [0.1, 0.15) is 11.6 Å². The Balaban J connectivity index is 1.70. The number of imide groups is 1. The molecule has 1 fully saturated rings. The molecule has 7 nitrogen and oxygen atoms in total. The van der Waals surface area contributed by atoms with E-state index >= 15 is 0 Å². The summed E-state index contributed by atoms with van der Waals surface area (Å²) in [5.41, 5.74) is 1.25. The highest BCUT2D eigenvalue weighted by Gasteiger charge is 2.55. The summed E-state index contributed by atoms with van der Waals surface area (Å²) in [5.74, 6) is -0.812. The zero-order valence-electron chi connectivity index (χ0n) is 14.1. The second-order valence-corrected chi connectivity index (χ2v) is 6.09. The SMILES string of the molecule is COc1cccc(N2C(=O)C3N=NN(c4ccc(C)c(F)c4)C3C2=O)c1. The van der Waals surface area contributed by atoms with Crippen molar-refractivity contribution in [3.63, 3.8) is 0 Å². The van der Waals surface area contributed by atoms with E-state index < -0.39 is 29.7 Å². The summed E-state index contributed by atoms with van der Waals surface area (Å²) < 4.78 is 19.1. The normalized spacial score (nSPS) is 21.5. The van der Waals surface area contributed by atoms with E-state index in [0.717, 1.165) is 4.90 Å². The van der Waals surface area contributed by atoms with Gasteiger partial charge in [-0.25, -0.2) is 14.3 Å². The quantitative estimate of drug-likeness (QED) is 0.794. The molecule has 0 aromatic heterocycles. The molecule has 26 heavy (non-hydrogen) atoms. The van der Waals surface area contributed by atoms with E-state index in [9.17, 15) is 14.0 Å². The molecular weight excluding hydrogens is 339 g/mol. The first-order valence-corrected chi connectivity index (χ1v) is 7.99. The second-order valence-electron chi connectivity index (χ2n) is 6.09. The fourth-order valence-corrected chi connectivity index (χ4v) is 3.10. The van der Waals surface area contributed by atoms with Crippen LogP contribution in [0.2, 0.25) is 0 Å². The molecule has 132 valence electrons. The Hall–Kier alpha value is -3.29. The summed E-state index contributed by atoms with van der Waals surface area (Å²) in [5, 5.41) is 9.16. The van der Waals surface area contributed by atoms with Gasteiger partial charge in [0.25, 0.3) is 11.8 Å². The van der Waals surface area contributed by atoms with E-state index in [1.807, 2.05) is 0 Å². The lowest BCUT2D eigenvalue weighted by molar-refractivity contribution is -0.121. The van der Waals surface area contributed by atoms with Gasteiger partial charge >= 0.3 is 0 Å². The van der Waals surface area contributed by atoms with E-state index in [-0.39, 0.29) is 0 Å². The highest BCUT2D eigenvalue weighted by atomic mass is 19.1. The molecule has 0 bridgehead atoms. The number of halogens is 1. The van der Waals surface area contributed by atoms with Crippen LogP contribution in [0.25, 0.3) is 0 Å². The first kappa shape index (κ1) is 16.2. The first-order chi connectivity index (χ1) is 12.5. The highest BCUT2D eigenvalue weighted by molar-refractivity contribution is 6.26. The van der Waals surface area contributed by atoms with Gasteiger partial charge in [0.05, 0.1) is 18.5 Å². The van der Waals surface area contributed by atoms with E-state index in [1.165, 1.54) is 18.2 Å². The number of fused-ring (bicyclic) bond motifs is 1. The number of hydrogen-bond donors (Lipinski definition) is 0. The number of anilines is 2. The summed E-state index contributed by atoms with van der Waals surface area (Å²) in [6, 6.07) is 9.31. The van der Waals surface area contributed by atoms with Crippen molar-refractivity contribution < 1.29 is 18.7 Å². The van der Waals surface area contributed by atoms with Crippen molar-refractivity contribution in [2.45, 2.75) is 19.0 Å². The zero-order chi connectivity index (χ0) is 18.4. The van der Waals surface area contributed by atoms with Gasteiger partial charge in [-0.15, -0.1) is 0 Å². The molecular formula is C18H15FN4O3. The lowest BCUT2D eigenvalue weighted by Crippen LogP contribution is -2.40. The Morgan fingerprint density at radius 3 is 2.62 bits per heavy atom. The molecule has 2 aromatic carbocycles. The molecule has 2 aliphatic rings. The fraction of sp³-hybridized carbons (Fsp3) is 0.222. The summed E-state index contributed by atoms with van der Waals surface area (Å²) in [4.78, 5) is 26.7. The largest absolute Gasteiger partial charge is 0.497 e. The minimum Gasteiger partial charge on any atom is -0.497 e. The van der Waals surface area contributed by atoms with Crippen LogP contribution in [-0.2, 0) is 9.59 Å². The molecule has 0 N–H and O–H groups in total. The Morgan fingerprint density at radius 2 is 1.88 bits per heavy atom. The number of methoxy groups -OCH3 is 1. The third-order valence-electron chi connectivity index (χ3n) is 4.51. The molecule has 2 aromatic rings. The van der Waals surface area contributed by atoms with Crippen LogP contribution in [-0.4, -0.2) is 31.0 Å². The van der Waals surface area contributed by atoms with Crippen LogP contribution >= 0.6 is 0 Å². The third-order valence-corrected chi connectivity index (χ3v) is 4.51. The third kappa shape index (κ3) is 2.33. The zero-order valence-corrected chi connectivity index (χ0v) is 14.1. The molecule has 1 saturated heterocycles. The van der Waals surface area contributed by atoms with Crippen molar-refractivity contribution in [1.29, 1.82) is 0 Å². The Kier molecular flexibility index (Phi) is 3.68. The Bertz CT molecular complexity index is 946. The molecule has 2 unspecified atom stereocenters. The molecule has 2 amide bonds. The van der Waals surface area contributed by atoms with Gasteiger partial charge in [-0.3, -0.25) is 9.59 Å². The van der Waals surface area contributed by atoms with Crippen molar-refractivity contribution in [2.75, 3.05) is 17.0 Å². The first-order valence-electron chi connectivity index (χ1n) is 7.99. The van der Waals surface area contributed by atoms with E-state index in [0.29, 0.717) is 22.7 Å². The van der Waals surface area contributed by atoms with Gasteiger partial charge in [0.15, 0.2) is 12.1 Å². The second kappa shape index (κ2) is 5.91. The fourth-order valence-electron chi connectivity index (χ4n) is 3.10. The number of carbonyl (C=O) groups is 2. The standard InChI is InChI=1S/C18H15FN4O3/c1-10-6-7-12(9-14(10)19)23-16-15(20-21-23)17(24)22(18(16)25)11-4-3-5-13(8-11)26-2/h3-9,15-16H,1-2H3. The maximum atomic E-state index is 13.9. The lowest BCUT2D eigenvalue weighted by Gasteiger charge is -2.21. The number of nitrogens with zero attached hydrogens (tertiary/aromatic N) is 4. The maximum absolute atomic E-state index is 13.9. The average Bonchev–Trinajstić information content (AvgIpc) is 3.18. The molecule has 0 saturated carbocycles. The van der Waals surface area contributed by atoms with Crippen LogP contribution in [0, 0.1) is 12.7 Å². The number of hydrogen-bond acceptors (Lipinski definition) is 6. The van der Waals surface area contributed by atoms with Gasteiger partial charge in [0.2, 0.25) is 0 Å². The predicted molar refractivity (Wildman–Crippen MR) is 91.5 cm³/mol. The van der Waals surface area contributed by atoms with E-state index in [2.05, 4.69) is 10.3 Å². The van der Waals surface area contributed by atoms with Gasteiger partial charge in [-0.2, -0.15) is 5.11 Å². The summed E-state index contributed by atoms with van der Waals surface area (Å²) >= 11 is 0. The molecule has 4 rings (SSSR count). The topological polar surface area (TPSA) is 74.6 Å². The van der Waals surface area contributed by atoms with E-state index in [1.54, 1.807) is 43.3 Å². The van der Waals surface area contributed by atoms with Crippen LogP contribution in [0.15, 0.2) is 52.8 Å². The Morgan fingerprint density at radius 1 is 1.08 bits per heavy atom. The summed E-state index contributed by atoms with van der Waals surface area (Å²) in [7, 11) is 1.50. The van der Waals surface area contributed by atoms with Crippen molar-refractivity contribution in [1.82, 2.24) is 0 Å². The van der Waals surface area contributed by atoms with Gasteiger partial charge in [0, 0.05) is 6.07 Å². The van der Waals surface area contributed by atoms with Crippen LogP contribution in [0.3, 0.4) is 0 Å². The molecule has 8 heteroatoms. The number of carbonyl (C=O) groups excluding carboxylic acids is 2. The van der Waals surface area contributed by atoms with Gasteiger partial charge in [-0.05, 0) is 36.8 Å². The lowest BCUT2D eigenvalue weighted by atomic mass is 10.1. The van der Waals surface area contributed by atoms with Crippen LogP contribution < -0.4 is 14.6 Å². The molecule has 0 radical (unpaired) electrons. The number of rotatable bonds is 3. The average molecular weight is 354 g/mol. The van der Waals surface area contributed by atoms with Crippen molar-refractivity contribution in [3.05, 3.63) is 53.8 Å². The summed E-state index contributed by atoms with van der Waals surface area (Å²) in [6.45, 7) is 1.64. The van der Waals surface area contributed by atoms with Crippen LogP contribution in [0.5, 0.6) is 5.75 Å². The molecule has 2 atom stereocenters. The van der Waals surface area contributed by atoms with Crippen molar-refractivity contribution in [3.8, 4) is 5.75 Å². The van der Waals surface area contributed by atoms with Crippen molar-refractivity contribution in [2.24, 2.45) is 10.3 Å². The number of amides is 2.